The fourth-order valence-corrected chi connectivity index (χ4v) is 2.05. The van der Waals surface area contributed by atoms with E-state index in [1.54, 1.807) is 0 Å². The minimum Gasteiger partial charge on any atom is -0.359 e. The summed E-state index contributed by atoms with van der Waals surface area (Å²) in [7, 11) is 3.71. The topological polar surface area (TPSA) is 36.4 Å². The highest BCUT2D eigenvalue weighted by Crippen LogP contribution is 2.27. The van der Waals surface area contributed by atoms with E-state index in [-0.39, 0.29) is 0 Å². The number of guanidine groups is 1. The van der Waals surface area contributed by atoms with Crippen molar-refractivity contribution in [2.75, 3.05) is 20.6 Å². The second-order valence-corrected chi connectivity index (χ2v) is 4.33. The first-order valence-corrected chi connectivity index (χ1v) is 5.64. The minimum absolute atomic E-state index is 0.844. The van der Waals surface area contributed by atoms with E-state index < -0.39 is 0 Å². The third kappa shape index (κ3) is 3.56. The Hall–Kier alpha value is -0.730. The Morgan fingerprint density at radius 2 is 1.93 bits per heavy atom. The number of rotatable bonds is 2. The minimum atomic E-state index is 0.844. The lowest BCUT2D eigenvalue weighted by Gasteiger charge is -2.26. The van der Waals surface area contributed by atoms with Gasteiger partial charge in [0.1, 0.15) is 0 Å². The van der Waals surface area contributed by atoms with Gasteiger partial charge >= 0.3 is 0 Å². The first-order valence-electron chi connectivity index (χ1n) is 5.64. The summed E-state index contributed by atoms with van der Waals surface area (Å²) in [5.74, 6) is 2.69. The van der Waals surface area contributed by atoms with E-state index >= 15 is 0 Å². The first-order chi connectivity index (χ1) is 6.76. The third-order valence-corrected chi connectivity index (χ3v) is 3.15. The van der Waals surface area contributed by atoms with Crippen LogP contribution in [0.1, 0.15) is 32.6 Å². The van der Waals surface area contributed by atoms with Gasteiger partial charge < -0.3 is 10.6 Å². The molecule has 0 saturated heterocycles. The van der Waals surface area contributed by atoms with Gasteiger partial charge in [0.25, 0.3) is 0 Å². The zero-order valence-electron chi connectivity index (χ0n) is 9.64. The Kier molecular flexibility index (Phi) is 4.77. The lowest BCUT2D eigenvalue weighted by molar-refractivity contribution is 0.289. The fraction of sp³-hybridized carbons (Fsp3) is 0.909. The van der Waals surface area contributed by atoms with Gasteiger partial charge in [0.2, 0.25) is 0 Å². The van der Waals surface area contributed by atoms with Crippen molar-refractivity contribution in [1.29, 1.82) is 0 Å². The van der Waals surface area contributed by atoms with Crippen molar-refractivity contribution >= 4 is 5.96 Å². The molecule has 0 atom stereocenters. The Morgan fingerprint density at radius 3 is 2.43 bits per heavy atom. The van der Waals surface area contributed by atoms with E-state index in [4.69, 9.17) is 0 Å². The second kappa shape index (κ2) is 5.89. The predicted octanol–water partition coefficient (Wildman–Crippen LogP) is 1.61. The van der Waals surface area contributed by atoms with Crippen LogP contribution in [0, 0.1) is 11.8 Å². The molecule has 0 radical (unpaired) electrons. The first kappa shape index (κ1) is 11.3. The van der Waals surface area contributed by atoms with E-state index in [0.717, 1.165) is 24.3 Å². The van der Waals surface area contributed by atoms with Crippen molar-refractivity contribution < 1.29 is 0 Å². The molecule has 14 heavy (non-hydrogen) atoms. The van der Waals surface area contributed by atoms with Crippen LogP contribution in [0.15, 0.2) is 4.99 Å². The highest BCUT2D eigenvalue weighted by Gasteiger charge is 2.17. The summed E-state index contributed by atoms with van der Waals surface area (Å²) in [5.41, 5.74) is 0. The Bertz CT molecular complexity index is 181. The molecule has 1 aliphatic carbocycles. The molecule has 0 aromatic carbocycles. The maximum Gasteiger partial charge on any atom is 0.190 e. The molecule has 0 spiro atoms. The normalized spacial score (nSPS) is 28.6. The second-order valence-electron chi connectivity index (χ2n) is 4.33. The van der Waals surface area contributed by atoms with Gasteiger partial charge in [0, 0.05) is 20.6 Å². The summed E-state index contributed by atoms with van der Waals surface area (Å²) in [4.78, 5) is 4.10. The zero-order chi connectivity index (χ0) is 10.4. The summed E-state index contributed by atoms with van der Waals surface area (Å²) in [6.45, 7) is 3.43. The SMILES string of the molecule is CN=C(NC)NCC1CCC(C)CC1. The van der Waals surface area contributed by atoms with E-state index in [9.17, 15) is 0 Å². The van der Waals surface area contributed by atoms with Gasteiger partial charge in [-0.15, -0.1) is 0 Å². The Morgan fingerprint density at radius 1 is 1.29 bits per heavy atom. The van der Waals surface area contributed by atoms with Crippen LogP contribution in [0.5, 0.6) is 0 Å². The van der Waals surface area contributed by atoms with Crippen LogP contribution in [0.4, 0.5) is 0 Å². The van der Waals surface area contributed by atoms with Crippen LogP contribution in [0.3, 0.4) is 0 Å². The zero-order valence-corrected chi connectivity index (χ0v) is 9.64. The number of nitrogens with one attached hydrogen (secondary N) is 2. The van der Waals surface area contributed by atoms with Gasteiger partial charge in [-0.05, 0) is 24.7 Å². The number of nitrogens with zero attached hydrogens (tertiary/aromatic N) is 1. The van der Waals surface area contributed by atoms with Crippen LogP contribution < -0.4 is 10.6 Å². The molecule has 0 amide bonds. The molecule has 0 aliphatic heterocycles. The average Bonchev–Trinajstić information content (AvgIpc) is 2.22. The molecular formula is C11H23N3. The smallest absolute Gasteiger partial charge is 0.190 e. The molecule has 0 aromatic heterocycles. The van der Waals surface area contributed by atoms with Crippen LogP contribution >= 0.6 is 0 Å². The quantitative estimate of drug-likeness (QED) is 0.521. The summed E-state index contributed by atoms with van der Waals surface area (Å²) in [6.07, 6.45) is 5.53. The third-order valence-electron chi connectivity index (χ3n) is 3.15. The maximum atomic E-state index is 4.10. The molecule has 0 unspecified atom stereocenters. The molecule has 1 fully saturated rings. The van der Waals surface area contributed by atoms with E-state index in [2.05, 4.69) is 22.5 Å². The highest BCUT2D eigenvalue weighted by molar-refractivity contribution is 5.79. The van der Waals surface area contributed by atoms with Crippen LogP contribution in [0.25, 0.3) is 0 Å². The van der Waals surface area contributed by atoms with Crippen LogP contribution in [0.2, 0.25) is 0 Å². The predicted molar refractivity (Wildman–Crippen MR) is 61.5 cm³/mol. The number of aliphatic imine (C=N–C) groups is 1. The van der Waals surface area contributed by atoms with E-state index in [1.807, 2.05) is 14.1 Å². The maximum absolute atomic E-state index is 4.10. The standard InChI is InChI=1S/C11H23N3/c1-9-4-6-10(7-5-9)8-14-11(12-2)13-3/h9-10H,4-8H2,1-3H3,(H2,12,13,14). The summed E-state index contributed by atoms with van der Waals surface area (Å²) >= 11 is 0. The van der Waals surface area contributed by atoms with Crippen molar-refractivity contribution in [2.24, 2.45) is 16.8 Å². The molecule has 2 N–H and O–H groups in total. The van der Waals surface area contributed by atoms with E-state index in [1.165, 1.54) is 25.7 Å². The number of hydrogen-bond donors (Lipinski definition) is 2. The molecule has 0 aromatic rings. The highest BCUT2D eigenvalue weighted by atomic mass is 15.1. The van der Waals surface area contributed by atoms with Crippen molar-refractivity contribution in [3.63, 3.8) is 0 Å². The van der Waals surface area contributed by atoms with Gasteiger partial charge in [0.15, 0.2) is 5.96 Å². The molecule has 3 heteroatoms. The van der Waals surface area contributed by atoms with Crippen LogP contribution in [-0.2, 0) is 0 Å². The molecule has 1 aliphatic rings. The van der Waals surface area contributed by atoms with Gasteiger partial charge in [-0.1, -0.05) is 19.8 Å². The largest absolute Gasteiger partial charge is 0.359 e. The van der Waals surface area contributed by atoms with Gasteiger partial charge in [-0.2, -0.15) is 0 Å². The summed E-state index contributed by atoms with van der Waals surface area (Å²) in [5, 5.41) is 6.38. The lowest BCUT2D eigenvalue weighted by Crippen LogP contribution is -2.38. The van der Waals surface area contributed by atoms with Crippen LogP contribution in [-0.4, -0.2) is 26.6 Å². The van der Waals surface area contributed by atoms with Gasteiger partial charge in [0.05, 0.1) is 0 Å². The molecule has 1 saturated carbocycles. The van der Waals surface area contributed by atoms with Crippen molar-refractivity contribution in [2.45, 2.75) is 32.6 Å². The van der Waals surface area contributed by atoms with Gasteiger partial charge in [-0.25, -0.2) is 0 Å². The molecule has 3 nitrogen and oxygen atoms in total. The molecule has 0 bridgehead atoms. The Balaban J connectivity index is 2.18. The molecule has 1 rings (SSSR count). The summed E-state index contributed by atoms with van der Waals surface area (Å²) in [6, 6.07) is 0. The van der Waals surface area contributed by atoms with E-state index in [0.29, 0.717) is 0 Å². The number of hydrogen-bond acceptors (Lipinski definition) is 1. The summed E-state index contributed by atoms with van der Waals surface area (Å²) < 4.78 is 0. The lowest BCUT2D eigenvalue weighted by atomic mass is 9.83. The Labute approximate surface area is 87.4 Å². The average molecular weight is 197 g/mol. The van der Waals surface area contributed by atoms with Crippen molar-refractivity contribution in [1.82, 2.24) is 10.6 Å². The monoisotopic (exact) mass is 197 g/mol. The fourth-order valence-electron chi connectivity index (χ4n) is 2.05. The van der Waals surface area contributed by atoms with Gasteiger partial charge in [-0.3, -0.25) is 4.99 Å². The van der Waals surface area contributed by atoms with Crippen molar-refractivity contribution in [3.05, 3.63) is 0 Å². The molecule has 82 valence electrons. The molecule has 0 heterocycles. The molecular weight excluding hydrogens is 174 g/mol. The van der Waals surface area contributed by atoms with Crippen molar-refractivity contribution in [3.8, 4) is 0 Å².